The molecule has 2 aromatic rings. The summed E-state index contributed by atoms with van der Waals surface area (Å²) >= 11 is 0. The molecule has 8 nitrogen and oxygen atoms in total. The SMILES string of the molecule is CCOC(=O)C1=C(C)NC2=C(C(=O)[C@@H](C(=O)OC)[C@H](C)C2)[C@@H]1c1coc2ccc(C)cc2c1=O. The van der Waals surface area contributed by atoms with E-state index in [9.17, 15) is 19.2 Å². The molecule has 0 unspecified atom stereocenters. The quantitative estimate of drug-likeness (QED) is 0.541. The molecule has 2 heterocycles. The highest BCUT2D eigenvalue weighted by molar-refractivity contribution is 6.12. The zero-order valence-electron chi connectivity index (χ0n) is 19.8. The van der Waals surface area contributed by atoms with E-state index in [1.54, 1.807) is 32.9 Å². The lowest BCUT2D eigenvalue weighted by Crippen LogP contribution is -2.44. The van der Waals surface area contributed by atoms with Crippen molar-refractivity contribution in [3.05, 3.63) is 68.4 Å². The zero-order valence-corrected chi connectivity index (χ0v) is 19.8. The fraction of sp³-hybridized carbons (Fsp3) is 0.385. The summed E-state index contributed by atoms with van der Waals surface area (Å²) < 4.78 is 15.9. The average Bonchev–Trinajstić information content (AvgIpc) is 2.78. The number of fused-ring (bicyclic) bond motifs is 1. The van der Waals surface area contributed by atoms with Gasteiger partial charge >= 0.3 is 11.9 Å². The minimum atomic E-state index is -1.04. The summed E-state index contributed by atoms with van der Waals surface area (Å²) in [4.78, 5) is 52.9. The molecular formula is C26H27NO7. The summed E-state index contributed by atoms with van der Waals surface area (Å²) in [5.74, 6) is -4.16. The Hall–Kier alpha value is -3.68. The number of hydrogen-bond donors (Lipinski definition) is 1. The maximum absolute atomic E-state index is 13.7. The Morgan fingerprint density at radius 3 is 2.62 bits per heavy atom. The zero-order chi connectivity index (χ0) is 24.7. The molecule has 34 heavy (non-hydrogen) atoms. The number of hydrogen-bond acceptors (Lipinski definition) is 8. The molecule has 1 aromatic heterocycles. The van der Waals surface area contributed by atoms with E-state index in [4.69, 9.17) is 13.9 Å². The number of esters is 2. The van der Waals surface area contributed by atoms with Crippen LogP contribution in [0.4, 0.5) is 0 Å². The smallest absolute Gasteiger partial charge is 0.336 e. The Balaban J connectivity index is 1.99. The molecule has 1 aliphatic heterocycles. The maximum Gasteiger partial charge on any atom is 0.336 e. The Morgan fingerprint density at radius 2 is 1.94 bits per heavy atom. The minimum absolute atomic E-state index is 0.121. The summed E-state index contributed by atoms with van der Waals surface area (Å²) in [5.41, 5.74) is 2.47. The third-order valence-corrected chi connectivity index (χ3v) is 6.50. The van der Waals surface area contributed by atoms with Gasteiger partial charge < -0.3 is 19.2 Å². The molecule has 1 aromatic carbocycles. The molecule has 8 heteroatoms. The molecule has 0 bridgehead atoms. The van der Waals surface area contributed by atoms with Crippen molar-refractivity contribution in [1.82, 2.24) is 5.32 Å². The molecule has 4 rings (SSSR count). The molecule has 0 saturated carbocycles. The van der Waals surface area contributed by atoms with Crippen LogP contribution in [0.25, 0.3) is 11.0 Å². The van der Waals surface area contributed by atoms with E-state index in [0.29, 0.717) is 28.8 Å². The summed E-state index contributed by atoms with van der Waals surface area (Å²) in [6.45, 7) is 7.16. The number of rotatable bonds is 4. The molecule has 0 radical (unpaired) electrons. The lowest BCUT2D eigenvalue weighted by molar-refractivity contribution is -0.151. The van der Waals surface area contributed by atoms with Gasteiger partial charge in [-0.05, 0) is 45.2 Å². The van der Waals surface area contributed by atoms with Gasteiger partial charge in [-0.25, -0.2) is 4.79 Å². The number of dihydropyridines is 1. The van der Waals surface area contributed by atoms with E-state index in [1.165, 1.54) is 13.4 Å². The third-order valence-electron chi connectivity index (χ3n) is 6.50. The Labute approximate surface area is 196 Å². The number of carbonyl (C=O) groups excluding carboxylic acids is 3. The Kier molecular flexibility index (Phi) is 6.17. The fourth-order valence-electron chi connectivity index (χ4n) is 4.93. The molecule has 1 aliphatic carbocycles. The maximum atomic E-state index is 13.7. The van der Waals surface area contributed by atoms with E-state index in [1.807, 2.05) is 13.0 Å². The van der Waals surface area contributed by atoms with Crippen LogP contribution in [0, 0.1) is 18.8 Å². The highest BCUT2D eigenvalue weighted by atomic mass is 16.5. The van der Waals surface area contributed by atoms with Gasteiger partial charge in [0.2, 0.25) is 0 Å². The predicted octanol–water partition coefficient (Wildman–Crippen LogP) is 3.28. The number of carbonyl (C=O) groups is 3. The molecule has 3 atom stereocenters. The first-order chi connectivity index (χ1) is 16.2. The monoisotopic (exact) mass is 465 g/mol. The minimum Gasteiger partial charge on any atom is -0.468 e. The van der Waals surface area contributed by atoms with Crippen LogP contribution < -0.4 is 10.7 Å². The van der Waals surface area contributed by atoms with Crippen molar-refractivity contribution in [2.24, 2.45) is 11.8 Å². The van der Waals surface area contributed by atoms with E-state index in [2.05, 4.69) is 5.32 Å². The van der Waals surface area contributed by atoms with Crippen molar-refractivity contribution < 1.29 is 28.3 Å². The standard InChI is InChI=1S/C26H27NO7/c1-6-33-26(31)20-14(4)27-17-10-13(3)19(25(30)32-5)24(29)22(17)21(20)16-11-34-18-8-7-12(2)9-15(18)23(16)28/h7-9,11,13,19,21,27H,6,10H2,1-5H3/t13-,19+,21-/m1/s1. The van der Waals surface area contributed by atoms with E-state index in [-0.39, 0.29) is 34.7 Å². The van der Waals surface area contributed by atoms with Gasteiger partial charge in [0.05, 0.1) is 36.9 Å². The number of methoxy groups -OCH3 is 1. The largest absolute Gasteiger partial charge is 0.468 e. The number of benzene rings is 1. The van der Waals surface area contributed by atoms with Crippen LogP contribution in [-0.2, 0) is 23.9 Å². The number of Topliss-reactive ketones (excluding diaryl/α,β-unsaturated/α-hetero) is 1. The first-order valence-electron chi connectivity index (χ1n) is 11.2. The molecule has 178 valence electrons. The van der Waals surface area contributed by atoms with Crippen LogP contribution in [0.2, 0.25) is 0 Å². The lowest BCUT2D eigenvalue weighted by Gasteiger charge is -2.37. The van der Waals surface area contributed by atoms with Crippen LogP contribution in [0.1, 0.15) is 44.2 Å². The lowest BCUT2D eigenvalue weighted by atomic mass is 9.69. The average molecular weight is 466 g/mol. The third kappa shape index (κ3) is 3.73. The van der Waals surface area contributed by atoms with Crippen LogP contribution >= 0.6 is 0 Å². The van der Waals surface area contributed by atoms with Gasteiger partial charge in [-0.3, -0.25) is 14.4 Å². The molecule has 0 fully saturated rings. The van der Waals surface area contributed by atoms with E-state index in [0.717, 1.165) is 5.56 Å². The highest BCUT2D eigenvalue weighted by Gasteiger charge is 2.48. The second-order valence-electron chi connectivity index (χ2n) is 8.78. The van der Waals surface area contributed by atoms with Crippen molar-refractivity contribution in [2.75, 3.05) is 13.7 Å². The molecule has 0 saturated heterocycles. The summed E-state index contributed by atoms with van der Waals surface area (Å²) in [7, 11) is 1.23. The number of ether oxygens (including phenoxy) is 2. The Morgan fingerprint density at radius 1 is 1.21 bits per heavy atom. The van der Waals surface area contributed by atoms with Gasteiger partial charge in [-0.2, -0.15) is 0 Å². The summed E-state index contributed by atoms with van der Waals surface area (Å²) in [6.07, 6.45) is 1.67. The predicted molar refractivity (Wildman–Crippen MR) is 124 cm³/mol. The number of aryl methyl sites for hydroxylation is 1. The molecule has 2 aliphatic rings. The molecule has 0 spiro atoms. The van der Waals surface area contributed by atoms with Crippen molar-refractivity contribution >= 4 is 28.7 Å². The fourth-order valence-corrected chi connectivity index (χ4v) is 4.93. The highest BCUT2D eigenvalue weighted by Crippen LogP contribution is 2.45. The van der Waals surface area contributed by atoms with Gasteiger partial charge in [-0.15, -0.1) is 0 Å². The second-order valence-corrected chi connectivity index (χ2v) is 8.78. The van der Waals surface area contributed by atoms with Gasteiger partial charge in [-0.1, -0.05) is 18.6 Å². The van der Waals surface area contributed by atoms with Gasteiger partial charge in [0.1, 0.15) is 11.5 Å². The summed E-state index contributed by atoms with van der Waals surface area (Å²) in [6, 6.07) is 5.25. The van der Waals surface area contributed by atoms with Gasteiger partial charge in [0, 0.05) is 22.5 Å². The van der Waals surface area contributed by atoms with Crippen molar-refractivity contribution in [2.45, 2.75) is 40.0 Å². The molecule has 0 amide bonds. The first-order valence-corrected chi connectivity index (χ1v) is 11.2. The van der Waals surface area contributed by atoms with Crippen LogP contribution in [0.15, 0.2) is 56.2 Å². The van der Waals surface area contributed by atoms with Crippen LogP contribution in [-0.4, -0.2) is 31.4 Å². The van der Waals surface area contributed by atoms with Gasteiger partial charge in [0.25, 0.3) is 0 Å². The van der Waals surface area contributed by atoms with Crippen molar-refractivity contribution in [3.63, 3.8) is 0 Å². The van der Waals surface area contributed by atoms with Crippen molar-refractivity contribution in [3.8, 4) is 0 Å². The van der Waals surface area contributed by atoms with E-state index < -0.39 is 29.6 Å². The Bertz CT molecular complexity index is 1330. The van der Waals surface area contributed by atoms with Crippen LogP contribution in [0.3, 0.4) is 0 Å². The normalized spacial score (nSPS) is 22.4. The first kappa shape index (κ1) is 23.5. The number of nitrogens with one attached hydrogen (secondary N) is 1. The topological polar surface area (TPSA) is 112 Å². The van der Waals surface area contributed by atoms with E-state index >= 15 is 0 Å². The van der Waals surface area contributed by atoms with Gasteiger partial charge in [0.15, 0.2) is 11.2 Å². The number of ketones is 1. The molecule has 1 N–H and O–H groups in total. The second kappa shape index (κ2) is 8.93. The van der Waals surface area contributed by atoms with Crippen LogP contribution in [0.5, 0.6) is 0 Å². The number of allylic oxidation sites excluding steroid dienone is 3. The summed E-state index contributed by atoms with van der Waals surface area (Å²) in [5, 5.41) is 3.51. The van der Waals surface area contributed by atoms with Crippen molar-refractivity contribution in [1.29, 1.82) is 0 Å². The molecular weight excluding hydrogens is 438 g/mol.